The molecule has 0 bridgehead atoms. The third kappa shape index (κ3) is 4.35. The maximum Gasteiger partial charge on any atom is 0.438 e. The third-order valence-corrected chi connectivity index (χ3v) is 7.05. The highest BCUT2D eigenvalue weighted by atomic mass is 16.5. The van der Waals surface area contributed by atoms with Crippen molar-refractivity contribution in [3.63, 3.8) is 0 Å². The molecule has 9 nitrogen and oxygen atoms in total. The van der Waals surface area contributed by atoms with Gasteiger partial charge in [0.1, 0.15) is 0 Å². The fourth-order valence-corrected chi connectivity index (χ4v) is 5.18. The van der Waals surface area contributed by atoms with Gasteiger partial charge in [0.25, 0.3) is 11.8 Å². The minimum absolute atomic E-state index is 0.0372. The van der Waals surface area contributed by atoms with Gasteiger partial charge < -0.3 is 15.1 Å². The van der Waals surface area contributed by atoms with E-state index in [9.17, 15) is 14.4 Å². The maximum absolute atomic E-state index is 12.8. The van der Waals surface area contributed by atoms with E-state index in [1.165, 1.54) is 0 Å². The summed E-state index contributed by atoms with van der Waals surface area (Å²) in [6, 6.07) is 11.5. The van der Waals surface area contributed by atoms with Crippen LogP contribution in [0.2, 0.25) is 0 Å². The van der Waals surface area contributed by atoms with Crippen molar-refractivity contribution in [1.82, 2.24) is 25.3 Å². The van der Waals surface area contributed by atoms with Crippen LogP contribution in [0.5, 0.6) is 0 Å². The SMILES string of the molecule is CN[C@@H](C)CC1(c2noc(=O)[nH]2)c2ccc(C(=O)N(C)C)cc2CCc2cc(C(=O)N(C)C)ccc21. The van der Waals surface area contributed by atoms with Gasteiger partial charge in [-0.05, 0) is 79.8 Å². The Morgan fingerprint density at radius 3 is 1.89 bits per heavy atom. The smallest absolute Gasteiger partial charge is 0.345 e. The Labute approximate surface area is 210 Å². The van der Waals surface area contributed by atoms with Crippen molar-refractivity contribution >= 4 is 11.8 Å². The minimum atomic E-state index is -0.866. The molecule has 3 aromatic rings. The second-order valence-electron chi connectivity index (χ2n) is 9.89. The third-order valence-electron chi connectivity index (χ3n) is 7.05. The molecule has 0 unspecified atom stereocenters. The largest absolute Gasteiger partial charge is 0.438 e. The van der Waals surface area contributed by atoms with Crippen LogP contribution in [0.3, 0.4) is 0 Å². The van der Waals surface area contributed by atoms with Gasteiger partial charge in [0.05, 0.1) is 5.41 Å². The Balaban J connectivity index is 2.04. The number of benzene rings is 2. The van der Waals surface area contributed by atoms with Crippen molar-refractivity contribution in [2.75, 3.05) is 35.2 Å². The molecule has 1 aliphatic carbocycles. The van der Waals surface area contributed by atoms with E-state index < -0.39 is 11.2 Å². The van der Waals surface area contributed by atoms with Crippen LogP contribution in [0.25, 0.3) is 0 Å². The number of rotatable bonds is 6. The van der Waals surface area contributed by atoms with E-state index in [-0.39, 0.29) is 17.9 Å². The molecule has 0 fully saturated rings. The van der Waals surface area contributed by atoms with Gasteiger partial charge in [-0.25, -0.2) is 4.79 Å². The lowest BCUT2D eigenvalue weighted by atomic mass is 9.67. The molecule has 0 spiro atoms. The Morgan fingerprint density at radius 1 is 1.00 bits per heavy atom. The van der Waals surface area contributed by atoms with E-state index >= 15 is 0 Å². The molecule has 0 saturated carbocycles. The molecular weight excluding hydrogens is 458 g/mol. The number of hydrogen-bond donors (Lipinski definition) is 2. The number of aryl methyl sites for hydroxylation is 2. The molecule has 0 saturated heterocycles. The van der Waals surface area contributed by atoms with Crippen LogP contribution in [-0.2, 0) is 18.3 Å². The van der Waals surface area contributed by atoms with Crippen LogP contribution >= 0.6 is 0 Å². The molecule has 1 aromatic heterocycles. The molecule has 4 rings (SSSR count). The number of aromatic nitrogens is 2. The van der Waals surface area contributed by atoms with E-state index in [4.69, 9.17) is 4.52 Å². The van der Waals surface area contributed by atoms with Crippen LogP contribution in [0, 0.1) is 0 Å². The summed E-state index contributed by atoms with van der Waals surface area (Å²) in [4.78, 5) is 43.7. The predicted molar refractivity (Wildman–Crippen MR) is 136 cm³/mol. The van der Waals surface area contributed by atoms with Gasteiger partial charge in [0.15, 0.2) is 5.82 Å². The first-order valence-corrected chi connectivity index (χ1v) is 12.0. The summed E-state index contributed by atoms with van der Waals surface area (Å²) in [5.74, 6) is -0.394. The second-order valence-corrected chi connectivity index (χ2v) is 9.89. The highest BCUT2D eigenvalue weighted by Gasteiger charge is 2.45. The first kappa shape index (κ1) is 25.4. The summed E-state index contributed by atoms with van der Waals surface area (Å²) < 4.78 is 5.01. The summed E-state index contributed by atoms with van der Waals surface area (Å²) in [6.07, 6.45) is 1.89. The van der Waals surface area contributed by atoms with Crippen molar-refractivity contribution in [2.45, 2.75) is 37.6 Å². The number of hydrogen-bond acceptors (Lipinski definition) is 6. The zero-order chi connectivity index (χ0) is 26.2. The molecule has 1 aliphatic rings. The number of aromatic amines is 1. The zero-order valence-electron chi connectivity index (χ0n) is 21.6. The lowest BCUT2D eigenvalue weighted by Gasteiger charge is -2.36. The number of fused-ring (bicyclic) bond motifs is 2. The Hall–Kier alpha value is -3.72. The van der Waals surface area contributed by atoms with Gasteiger partial charge in [-0.15, -0.1) is 0 Å². The second kappa shape index (κ2) is 9.73. The normalized spacial score (nSPS) is 14.8. The molecule has 36 heavy (non-hydrogen) atoms. The highest BCUT2D eigenvalue weighted by Crippen LogP contribution is 2.47. The van der Waals surface area contributed by atoms with Gasteiger partial charge >= 0.3 is 5.76 Å². The molecule has 0 radical (unpaired) electrons. The average molecular weight is 492 g/mol. The fraction of sp³-hybridized carbons (Fsp3) is 0.407. The quantitative estimate of drug-likeness (QED) is 0.547. The molecule has 190 valence electrons. The van der Waals surface area contributed by atoms with Crippen LogP contribution in [0.1, 0.15) is 62.1 Å². The van der Waals surface area contributed by atoms with Crippen molar-refractivity contribution in [3.05, 3.63) is 86.2 Å². The molecule has 1 heterocycles. The zero-order valence-corrected chi connectivity index (χ0v) is 21.6. The number of nitrogens with one attached hydrogen (secondary N) is 2. The number of carbonyl (C=O) groups is 2. The van der Waals surface area contributed by atoms with E-state index in [2.05, 4.69) is 22.4 Å². The summed E-state index contributed by atoms with van der Waals surface area (Å²) in [6.45, 7) is 2.07. The van der Waals surface area contributed by atoms with Crippen molar-refractivity contribution < 1.29 is 14.1 Å². The Bertz CT molecular complexity index is 1280. The first-order chi connectivity index (χ1) is 17.1. The van der Waals surface area contributed by atoms with Gasteiger partial charge in [-0.3, -0.25) is 19.1 Å². The molecule has 2 N–H and O–H groups in total. The summed E-state index contributed by atoms with van der Waals surface area (Å²) in [5, 5.41) is 7.50. The number of nitrogens with zero attached hydrogens (tertiary/aromatic N) is 3. The van der Waals surface area contributed by atoms with Crippen molar-refractivity contribution in [3.8, 4) is 0 Å². The van der Waals surface area contributed by atoms with Gasteiger partial charge in [-0.2, -0.15) is 0 Å². The monoisotopic (exact) mass is 491 g/mol. The van der Waals surface area contributed by atoms with E-state index in [0.29, 0.717) is 36.2 Å². The van der Waals surface area contributed by atoms with Crippen LogP contribution in [0.4, 0.5) is 0 Å². The lowest BCUT2D eigenvalue weighted by Crippen LogP contribution is -2.39. The predicted octanol–water partition coefficient (Wildman–Crippen LogP) is 2.20. The molecule has 0 aliphatic heterocycles. The maximum atomic E-state index is 12.8. The Morgan fingerprint density at radius 2 is 1.50 bits per heavy atom. The lowest BCUT2D eigenvalue weighted by molar-refractivity contribution is 0.0820. The molecule has 1 atom stereocenters. The molecule has 9 heteroatoms. The van der Waals surface area contributed by atoms with Gasteiger partial charge in [-0.1, -0.05) is 17.3 Å². The highest BCUT2D eigenvalue weighted by molar-refractivity contribution is 5.95. The van der Waals surface area contributed by atoms with Gasteiger partial charge in [0, 0.05) is 45.4 Å². The van der Waals surface area contributed by atoms with Crippen molar-refractivity contribution in [1.29, 1.82) is 0 Å². The summed E-state index contributed by atoms with van der Waals surface area (Å²) in [5.41, 5.74) is 4.22. The van der Waals surface area contributed by atoms with Gasteiger partial charge in [0.2, 0.25) is 0 Å². The van der Waals surface area contributed by atoms with Crippen LogP contribution in [-0.4, -0.2) is 73.0 Å². The van der Waals surface area contributed by atoms with E-state index in [0.717, 1.165) is 22.3 Å². The topological polar surface area (TPSA) is 112 Å². The molecular formula is C27H33N5O4. The fourth-order valence-electron chi connectivity index (χ4n) is 5.18. The average Bonchev–Trinajstić information content (AvgIpc) is 3.25. The standard InChI is InChI=1S/C27H33N5O4/c1-16(28-2)15-27(25-29-26(35)36-30-25)21-11-9-19(23(33)31(3)4)13-17(21)7-8-18-14-20(10-12-22(18)27)24(34)32(5)6/h9-14,16,28H,7-8,15H2,1-6H3,(H,29,30,35)/t16-/m0/s1. The molecule has 2 amide bonds. The van der Waals surface area contributed by atoms with Crippen LogP contribution < -0.4 is 11.1 Å². The number of carbonyl (C=O) groups excluding carboxylic acids is 2. The Kier molecular flexibility index (Phi) is 6.86. The number of H-pyrrole nitrogens is 1. The van der Waals surface area contributed by atoms with E-state index in [1.807, 2.05) is 43.4 Å². The minimum Gasteiger partial charge on any atom is -0.345 e. The van der Waals surface area contributed by atoms with Crippen LogP contribution in [0.15, 0.2) is 45.7 Å². The first-order valence-electron chi connectivity index (χ1n) is 12.0. The molecule has 2 aromatic carbocycles. The number of amides is 2. The van der Waals surface area contributed by atoms with Crippen molar-refractivity contribution in [2.24, 2.45) is 0 Å². The summed E-state index contributed by atoms with van der Waals surface area (Å²) in [7, 11) is 8.80. The summed E-state index contributed by atoms with van der Waals surface area (Å²) >= 11 is 0. The van der Waals surface area contributed by atoms with E-state index in [1.54, 1.807) is 38.0 Å².